The highest BCUT2D eigenvalue weighted by molar-refractivity contribution is 7.91. The van der Waals surface area contributed by atoms with E-state index < -0.39 is 27.3 Å². The number of rotatable bonds is 6. The fourth-order valence-electron chi connectivity index (χ4n) is 2.16. The van der Waals surface area contributed by atoms with Gasteiger partial charge in [0.15, 0.2) is 9.84 Å². The third kappa shape index (κ3) is 4.67. The Labute approximate surface area is 168 Å². The highest BCUT2D eigenvalue weighted by atomic mass is 35.5. The van der Waals surface area contributed by atoms with Crippen molar-refractivity contribution in [3.8, 4) is 0 Å². The maximum Gasteiger partial charge on any atom is 0.239 e. The van der Waals surface area contributed by atoms with Gasteiger partial charge in [-0.1, -0.05) is 34.5 Å². The van der Waals surface area contributed by atoms with Crippen molar-refractivity contribution in [2.45, 2.75) is 11.3 Å². The van der Waals surface area contributed by atoms with Gasteiger partial charge in [0.2, 0.25) is 11.0 Å². The third-order valence-corrected chi connectivity index (χ3v) is 6.99. The van der Waals surface area contributed by atoms with Crippen LogP contribution < -0.4 is 10.9 Å². The van der Waals surface area contributed by atoms with Crippen LogP contribution in [0.2, 0.25) is 10.0 Å². The zero-order valence-corrected chi connectivity index (χ0v) is 16.6. The minimum absolute atomic E-state index is 0.0395. The maximum absolute atomic E-state index is 12.9. The van der Waals surface area contributed by atoms with Crippen molar-refractivity contribution in [1.29, 1.82) is 0 Å². The van der Waals surface area contributed by atoms with Crippen LogP contribution in [0.4, 0.5) is 9.52 Å². The van der Waals surface area contributed by atoms with Crippen molar-refractivity contribution in [2.75, 3.05) is 11.2 Å². The minimum atomic E-state index is -3.69. The predicted molar refractivity (Wildman–Crippen MR) is 104 cm³/mol. The molecule has 0 saturated heterocycles. The molecule has 27 heavy (non-hydrogen) atoms. The number of carbonyl (C=O) groups is 1. The molecule has 2 aromatic carbocycles. The first-order valence-corrected chi connectivity index (χ1v) is 10.8. The smallest absolute Gasteiger partial charge is 0.239 e. The van der Waals surface area contributed by atoms with Crippen LogP contribution in [-0.2, 0) is 14.6 Å². The van der Waals surface area contributed by atoms with Crippen LogP contribution in [0, 0.1) is 5.82 Å². The number of carbonyl (C=O) groups excluding carboxylic acids is 1. The molecule has 6 nitrogen and oxygen atoms in total. The number of benzene rings is 2. The molecule has 11 heteroatoms. The number of hydrogen-bond donors (Lipinski definition) is 2. The van der Waals surface area contributed by atoms with Gasteiger partial charge >= 0.3 is 0 Å². The number of fused-ring (bicyclic) bond motifs is 1. The lowest BCUT2D eigenvalue weighted by Crippen LogP contribution is -2.30. The summed E-state index contributed by atoms with van der Waals surface area (Å²) in [6.45, 7) is 0. The summed E-state index contributed by atoms with van der Waals surface area (Å²) in [6, 6.07) is 7.84. The molecule has 1 heterocycles. The lowest BCUT2D eigenvalue weighted by atomic mass is 10.3. The van der Waals surface area contributed by atoms with Gasteiger partial charge in [-0.25, -0.2) is 17.8 Å². The summed E-state index contributed by atoms with van der Waals surface area (Å²) < 4.78 is 38.0. The molecule has 0 aliphatic rings. The van der Waals surface area contributed by atoms with Crippen LogP contribution in [0.1, 0.15) is 6.42 Å². The quantitative estimate of drug-likeness (QED) is 0.439. The molecular formula is C16H12Cl2FN3O3S2. The van der Waals surface area contributed by atoms with E-state index in [0.29, 0.717) is 20.7 Å². The Balaban J connectivity index is 1.58. The number of hydrazine groups is 1. The van der Waals surface area contributed by atoms with Crippen molar-refractivity contribution >= 4 is 65.6 Å². The van der Waals surface area contributed by atoms with Gasteiger partial charge in [0.25, 0.3) is 0 Å². The highest BCUT2D eigenvalue weighted by Gasteiger charge is 2.17. The standard InChI is InChI=1S/C16H12Cl2FN3O3S2/c17-11-5-6-12-15(14(11)18)20-16(26-12)22-21-13(23)7-8-27(24,25)10-3-1-9(19)2-4-10/h1-6H,7-8H2,(H,20,22)(H,21,23). The molecule has 0 aliphatic carbocycles. The van der Waals surface area contributed by atoms with Gasteiger partial charge in [-0.2, -0.15) is 0 Å². The summed E-state index contributed by atoms with van der Waals surface area (Å²) in [5, 5.41) is 1.06. The Kier molecular flexibility index (Phi) is 5.85. The molecule has 1 amide bonds. The fraction of sp³-hybridized carbons (Fsp3) is 0.125. The number of aromatic nitrogens is 1. The van der Waals surface area contributed by atoms with E-state index in [1.165, 1.54) is 11.3 Å². The summed E-state index contributed by atoms with van der Waals surface area (Å²) in [7, 11) is -3.69. The number of sulfone groups is 1. The summed E-state index contributed by atoms with van der Waals surface area (Å²) in [5.74, 6) is -1.48. The van der Waals surface area contributed by atoms with Gasteiger partial charge in [0.05, 0.1) is 25.4 Å². The molecular weight excluding hydrogens is 436 g/mol. The predicted octanol–water partition coefficient (Wildman–Crippen LogP) is 4.05. The first-order chi connectivity index (χ1) is 12.8. The van der Waals surface area contributed by atoms with Gasteiger partial charge in [0, 0.05) is 6.42 Å². The van der Waals surface area contributed by atoms with E-state index in [1.807, 2.05) is 0 Å². The average Bonchev–Trinajstić information content (AvgIpc) is 3.06. The summed E-state index contributed by atoms with van der Waals surface area (Å²) >= 11 is 13.3. The van der Waals surface area contributed by atoms with Crippen LogP contribution in [0.25, 0.3) is 10.2 Å². The van der Waals surface area contributed by atoms with Crippen molar-refractivity contribution in [2.24, 2.45) is 0 Å². The lowest BCUT2D eigenvalue weighted by Gasteiger charge is -2.06. The summed E-state index contributed by atoms with van der Waals surface area (Å²) in [6.07, 6.45) is -0.274. The summed E-state index contributed by atoms with van der Waals surface area (Å²) in [4.78, 5) is 16.1. The molecule has 1 aromatic heterocycles. The lowest BCUT2D eigenvalue weighted by molar-refractivity contribution is -0.120. The second-order valence-electron chi connectivity index (χ2n) is 5.42. The van der Waals surface area contributed by atoms with Crippen LogP contribution >= 0.6 is 34.5 Å². The number of amides is 1. The third-order valence-electron chi connectivity index (χ3n) is 3.53. The van der Waals surface area contributed by atoms with E-state index in [9.17, 15) is 17.6 Å². The number of hydrogen-bond acceptors (Lipinski definition) is 6. The molecule has 2 N–H and O–H groups in total. The fourth-order valence-corrected chi connectivity index (χ4v) is 4.65. The zero-order valence-electron chi connectivity index (χ0n) is 13.5. The summed E-state index contributed by atoms with van der Waals surface area (Å²) in [5.41, 5.74) is 5.52. The largest absolute Gasteiger partial charge is 0.273 e. The van der Waals surface area contributed by atoms with E-state index in [0.717, 1.165) is 29.0 Å². The minimum Gasteiger partial charge on any atom is -0.273 e. The molecule has 0 bridgehead atoms. The van der Waals surface area contributed by atoms with Crippen LogP contribution in [-0.4, -0.2) is 25.1 Å². The highest BCUT2D eigenvalue weighted by Crippen LogP contribution is 2.34. The zero-order chi connectivity index (χ0) is 19.6. The first-order valence-electron chi connectivity index (χ1n) is 7.54. The van der Waals surface area contributed by atoms with E-state index >= 15 is 0 Å². The second-order valence-corrected chi connectivity index (χ2v) is 9.35. The molecule has 0 saturated carbocycles. The van der Waals surface area contributed by atoms with E-state index in [-0.39, 0.29) is 11.3 Å². The van der Waals surface area contributed by atoms with Crippen molar-refractivity contribution in [3.05, 3.63) is 52.3 Å². The Morgan fingerprint density at radius 1 is 1.15 bits per heavy atom. The molecule has 142 valence electrons. The van der Waals surface area contributed by atoms with Gasteiger partial charge in [-0.05, 0) is 36.4 Å². The van der Waals surface area contributed by atoms with Crippen LogP contribution in [0.3, 0.4) is 0 Å². The average molecular weight is 448 g/mol. The van der Waals surface area contributed by atoms with Gasteiger partial charge in [0.1, 0.15) is 11.3 Å². The number of nitrogens with zero attached hydrogens (tertiary/aromatic N) is 1. The second kappa shape index (κ2) is 7.97. The van der Waals surface area contributed by atoms with Gasteiger partial charge in [-0.15, -0.1) is 0 Å². The monoisotopic (exact) mass is 447 g/mol. The molecule has 0 aliphatic heterocycles. The van der Waals surface area contributed by atoms with Gasteiger partial charge < -0.3 is 0 Å². The van der Waals surface area contributed by atoms with E-state index in [1.54, 1.807) is 12.1 Å². The molecule has 0 spiro atoms. The van der Waals surface area contributed by atoms with Crippen molar-refractivity contribution in [3.63, 3.8) is 0 Å². The Bertz CT molecular complexity index is 1100. The first kappa shape index (κ1) is 19.8. The SMILES string of the molecule is O=C(CCS(=O)(=O)c1ccc(F)cc1)NNc1nc2c(Cl)c(Cl)ccc2s1. The number of thiazole rings is 1. The molecule has 0 fully saturated rings. The topological polar surface area (TPSA) is 88.2 Å². The van der Waals surface area contributed by atoms with E-state index in [2.05, 4.69) is 15.8 Å². The number of nitrogens with one attached hydrogen (secondary N) is 2. The van der Waals surface area contributed by atoms with Crippen LogP contribution in [0.15, 0.2) is 41.3 Å². The molecule has 3 rings (SSSR count). The van der Waals surface area contributed by atoms with Crippen molar-refractivity contribution < 1.29 is 17.6 Å². The number of anilines is 1. The van der Waals surface area contributed by atoms with Gasteiger partial charge in [-0.3, -0.25) is 15.6 Å². The van der Waals surface area contributed by atoms with E-state index in [4.69, 9.17) is 23.2 Å². The molecule has 0 atom stereocenters. The van der Waals surface area contributed by atoms with Crippen molar-refractivity contribution in [1.82, 2.24) is 10.4 Å². The Morgan fingerprint density at radius 3 is 2.56 bits per heavy atom. The molecule has 0 unspecified atom stereocenters. The molecule has 0 radical (unpaired) electrons. The maximum atomic E-state index is 12.9. The Hall–Kier alpha value is -1.94. The molecule has 3 aromatic rings. The Morgan fingerprint density at radius 2 is 1.85 bits per heavy atom. The van der Waals surface area contributed by atoms with Crippen LogP contribution in [0.5, 0.6) is 0 Å². The normalized spacial score (nSPS) is 11.5. The number of halogens is 3.